The second kappa shape index (κ2) is 5.39. The Bertz CT molecular complexity index is 355. The Morgan fingerprint density at radius 1 is 1.19 bits per heavy atom. The molecule has 0 aromatic heterocycles. The first-order valence-electron chi connectivity index (χ1n) is 5.48. The highest BCUT2D eigenvalue weighted by Crippen LogP contribution is 2.25. The zero-order chi connectivity index (χ0) is 12.3. The van der Waals surface area contributed by atoms with Crippen molar-refractivity contribution in [3.05, 3.63) is 33.8 Å². The number of hydrogen-bond donors (Lipinski definition) is 1. The lowest BCUT2D eigenvalue weighted by Crippen LogP contribution is -2.29. The van der Waals surface area contributed by atoms with Crippen LogP contribution in [0.4, 0.5) is 0 Å². The van der Waals surface area contributed by atoms with Crippen molar-refractivity contribution in [1.82, 2.24) is 5.32 Å². The van der Waals surface area contributed by atoms with E-state index in [-0.39, 0.29) is 11.5 Å². The van der Waals surface area contributed by atoms with Gasteiger partial charge < -0.3 is 5.32 Å². The Morgan fingerprint density at radius 2 is 1.81 bits per heavy atom. The van der Waals surface area contributed by atoms with E-state index >= 15 is 0 Å². The molecule has 0 fully saturated rings. The van der Waals surface area contributed by atoms with Crippen molar-refractivity contribution in [2.24, 2.45) is 5.41 Å². The van der Waals surface area contributed by atoms with Crippen LogP contribution in [0.15, 0.2) is 18.2 Å². The van der Waals surface area contributed by atoms with Gasteiger partial charge in [0.15, 0.2) is 0 Å². The van der Waals surface area contributed by atoms with E-state index in [4.69, 9.17) is 23.2 Å². The average Bonchev–Trinajstić information content (AvgIpc) is 2.17. The number of nitrogens with one attached hydrogen (secondary N) is 1. The molecule has 1 aromatic carbocycles. The summed E-state index contributed by atoms with van der Waals surface area (Å²) in [5, 5.41) is 4.70. The topological polar surface area (TPSA) is 12.0 Å². The third kappa shape index (κ3) is 4.32. The molecule has 1 unspecified atom stereocenters. The summed E-state index contributed by atoms with van der Waals surface area (Å²) in [5.74, 6) is 0. The van der Waals surface area contributed by atoms with Gasteiger partial charge in [0.1, 0.15) is 0 Å². The molecule has 1 rings (SSSR count). The third-order valence-corrected chi connectivity index (χ3v) is 3.12. The largest absolute Gasteiger partial charge is 0.310 e. The maximum atomic E-state index is 5.99. The first kappa shape index (κ1) is 13.8. The Balaban J connectivity index is 2.66. The highest BCUT2D eigenvalue weighted by atomic mass is 35.5. The van der Waals surface area contributed by atoms with Crippen LogP contribution in [0, 0.1) is 5.41 Å². The van der Waals surface area contributed by atoms with Gasteiger partial charge in [0, 0.05) is 12.6 Å². The summed E-state index contributed by atoms with van der Waals surface area (Å²) in [6.07, 6.45) is 0. The number of benzene rings is 1. The first-order valence-corrected chi connectivity index (χ1v) is 6.23. The molecule has 0 bridgehead atoms. The second-order valence-corrected chi connectivity index (χ2v) is 6.15. The third-order valence-electron chi connectivity index (χ3n) is 2.38. The van der Waals surface area contributed by atoms with Crippen molar-refractivity contribution < 1.29 is 0 Å². The van der Waals surface area contributed by atoms with Crippen molar-refractivity contribution in [2.75, 3.05) is 6.54 Å². The minimum Gasteiger partial charge on any atom is -0.310 e. The van der Waals surface area contributed by atoms with Gasteiger partial charge in [0.25, 0.3) is 0 Å². The van der Waals surface area contributed by atoms with E-state index in [1.807, 2.05) is 18.2 Å². The van der Waals surface area contributed by atoms with E-state index in [0.717, 1.165) is 6.54 Å². The van der Waals surface area contributed by atoms with E-state index in [9.17, 15) is 0 Å². The van der Waals surface area contributed by atoms with E-state index in [2.05, 4.69) is 33.0 Å². The molecule has 16 heavy (non-hydrogen) atoms. The lowest BCUT2D eigenvalue weighted by molar-refractivity contribution is 0.359. The van der Waals surface area contributed by atoms with E-state index < -0.39 is 0 Å². The van der Waals surface area contributed by atoms with Gasteiger partial charge in [-0.15, -0.1) is 0 Å². The maximum Gasteiger partial charge on any atom is 0.0595 e. The highest BCUT2D eigenvalue weighted by Gasteiger charge is 2.13. The van der Waals surface area contributed by atoms with Crippen LogP contribution in [0.3, 0.4) is 0 Å². The van der Waals surface area contributed by atoms with Gasteiger partial charge >= 0.3 is 0 Å². The van der Waals surface area contributed by atoms with Crippen LogP contribution in [0.25, 0.3) is 0 Å². The summed E-state index contributed by atoms with van der Waals surface area (Å²) in [7, 11) is 0. The van der Waals surface area contributed by atoms with Crippen molar-refractivity contribution in [2.45, 2.75) is 33.7 Å². The summed E-state index contributed by atoms with van der Waals surface area (Å²) in [6, 6.07) is 6.06. The SMILES string of the molecule is CC(NCC(C)(C)C)c1ccc(Cl)c(Cl)c1. The molecule has 3 heteroatoms. The predicted octanol–water partition coefficient (Wildman–Crippen LogP) is 4.69. The minimum atomic E-state index is 0.282. The van der Waals surface area contributed by atoms with Gasteiger partial charge in [-0.25, -0.2) is 0 Å². The van der Waals surface area contributed by atoms with Crippen molar-refractivity contribution in [3.63, 3.8) is 0 Å². The number of hydrogen-bond acceptors (Lipinski definition) is 1. The molecular weight excluding hydrogens is 241 g/mol. The molecule has 1 atom stereocenters. The predicted molar refractivity (Wildman–Crippen MR) is 72.3 cm³/mol. The molecule has 90 valence electrons. The standard InChI is InChI=1S/C13H19Cl2N/c1-9(16-8-13(2,3)4)10-5-6-11(14)12(15)7-10/h5-7,9,16H,8H2,1-4H3. The fourth-order valence-corrected chi connectivity index (χ4v) is 1.67. The fourth-order valence-electron chi connectivity index (χ4n) is 1.36. The molecule has 0 heterocycles. The molecule has 0 aliphatic carbocycles. The smallest absolute Gasteiger partial charge is 0.0595 e. The van der Waals surface area contributed by atoms with E-state index in [0.29, 0.717) is 10.0 Å². The van der Waals surface area contributed by atoms with Gasteiger partial charge in [0.2, 0.25) is 0 Å². The minimum absolute atomic E-state index is 0.282. The average molecular weight is 260 g/mol. The summed E-state index contributed by atoms with van der Waals surface area (Å²) in [6.45, 7) is 9.73. The van der Waals surface area contributed by atoms with Gasteiger partial charge in [-0.2, -0.15) is 0 Å². The van der Waals surface area contributed by atoms with Gasteiger partial charge in [-0.1, -0.05) is 50.0 Å². The second-order valence-electron chi connectivity index (χ2n) is 5.34. The van der Waals surface area contributed by atoms with Crippen LogP contribution in [0.1, 0.15) is 39.3 Å². The van der Waals surface area contributed by atoms with Crippen LogP contribution in [-0.4, -0.2) is 6.54 Å². The van der Waals surface area contributed by atoms with Gasteiger partial charge in [-0.05, 0) is 30.0 Å². The van der Waals surface area contributed by atoms with E-state index in [1.54, 1.807) is 0 Å². The molecule has 0 saturated carbocycles. The van der Waals surface area contributed by atoms with E-state index in [1.165, 1.54) is 5.56 Å². The molecule has 0 saturated heterocycles. The normalized spacial score (nSPS) is 13.9. The van der Waals surface area contributed by atoms with Crippen LogP contribution in [0.5, 0.6) is 0 Å². The molecule has 1 nitrogen and oxygen atoms in total. The maximum absolute atomic E-state index is 5.99. The van der Waals surface area contributed by atoms with Crippen molar-refractivity contribution in [1.29, 1.82) is 0 Å². The Morgan fingerprint density at radius 3 is 2.31 bits per heavy atom. The van der Waals surface area contributed by atoms with Crippen molar-refractivity contribution >= 4 is 23.2 Å². The zero-order valence-corrected chi connectivity index (χ0v) is 11.8. The van der Waals surface area contributed by atoms with Crippen LogP contribution >= 0.6 is 23.2 Å². The van der Waals surface area contributed by atoms with Gasteiger partial charge in [-0.3, -0.25) is 0 Å². The molecule has 0 aliphatic heterocycles. The Labute approximate surface area is 108 Å². The summed E-state index contributed by atoms with van der Waals surface area (Å²) in [5.41, 5.74) is 1.45. The summed E-state index contributed by atoms with van der Waals surface area (Å²) < 4.78 is 0. The summed E-state index contributed by atoms with van der Waals surface area (Å²) >= 11 is 11.9. The van der Waals surface area contributed by atoms with Crippen LogP contribution < -0.4 is 5.32 Å². The monoisotopic (exact) mass is 259 g/mol. The zero-order valence-electron chi connectivity index (χ0n) is 10.3. The molecule has 0 spiro atoms. The first-order chi connectivity index (χ1) is 7.29. The highest BCUT2D eigenvalue weighted by molar-refractivity contribution is 6.42. The van der Waals surface area contributed by atoms with Gasteiger partial charge in [0.05, 0.1) is 10.0 Å². The number of halogens is 2. The number of rotatable bonds is 3. The molecule has 0 radical (unpaired) electrons. The van der Waals surface area contributed by atoms with Crippen LogP contribution in [-0.2, 0) is 0 Å². The molecule has 0 amide bonds. The quantitative estimate of drug-likeness (QED) is 0.831. The van der Waals surface area contributed by atoms with Crippen molar-refractivity contribution in [3.8, 4) is 0 Å². The fraction of sp³-hybridized carbons (Fsp3) is 0.538. The summed E-state index contributed by atoms with van der Waals surface area (Å²) in [4.78, 5) is 0. The Hall–Kier alpha value is -0.240. The Kier molecular flexibility index (Phi) is 4.66. The molecular formula is C13H19Cl2N. The molecule has 1 aromatic rings. The van der Waals surface area contributed by atoms with Crippen LogP contribution in [0.2, 0.25) is 10.0 Å². The lowest BCUT2D eigenvalue weighted by Gasteiger charge is -2.23. The lowest BCUT2D eigenvalue weighted by atomic mass is 9.96. The molecule has 0 aliphatic rings. The molecule has 1 N–H and O–H groups in total.